The minimum Gasteiger partial charge on any atom is -0.368 e. The van der Waals surface area contributed by atoms with E-state index in [-0.39, 0.29) is 53.1 Å². The largest absolute Gasteiger partial charge is 0.368 e. The number of carbonyl (C=O) groups is 1. The average Bonchev–Trinajstić information content (AvgIpc) is 3.26. The summed E-state index contributed by atoms with van der Waals surface area (Å²) in [6.45, 7) is 6.15. The number of hydrogen-bond donors (Lipinski definition) is 1. The van der Waals surface area contributed by atoms with E-state index >= 15 is 0 Å². The Bertz CT molecular complexity index is 731. The van der Waals surface area contributed by atoms with Gasteiger partial charge >= 0.3 is 0 Å². The molecule has 2 aliphatic heterocycles. The summed E-state index contributed by atoms with van der Waals surface area (Å²) in [4.78, 5) is 31.8. The molecule has 2 fully saturated rings. The van der Waals surface area contributed by atoms with Gasteiger partial charge in [0.05, 0.1) is 17.0 Å². The monoisotopic (exact) mass is 517 g/mol. The lowest BCUT2D eigenvalue weighted by Gasteiger charge is -2.37. The highest BCUT2D eigenvalue weighted by atomic mass is 127. The molecule has 2 saturated heterocycles. The SMILES string of the molecule is CCNC(=NCc1ccccc1[N+](=O)[O-])N1CCN(C(=O)C2CCCO2)CC1.I. The number of hydrogen-bond acceptors (Lipinski definition) is 5. The summed E-state index contributed by atoms with van der Waals surface area (Å²) in [6, 6.07) is 6.65. The van der Waals surface area contributed by atoms with Crippen LogP contribution in [0.4, 0.5) is 5.69 Å². The summed E-state index contributed by atoms with van der Waals surface area (Å²) >= 11 is 0. The Balaban J connectivity index is 0.00000300. The number of nitro benzene ring substituents is 1. The summed E-state index contributed by atoms with van der Waals surface area (Å²) in [7, 11) is 0. The second-order valence-corrected chi connectivity index (χ2v) is 6.87. The number of benzene rings is 1. The highest BCUT2D eigenvalue weighted by Gasteiger charge is 2.30. The number of amides is 1. The van der Waals surface area contributed by atoms with E-state index in [1.807, 2.05) is 11.8 Å². The summed E-state index contributed by atoms with van der Waals surface area (Å²) in [5.74, 6) is 0.795. The van der Waals surface area contributed by atoms with Gasteiger partial charge in [-0.05, 0) is 19.8 Å². The molecule has 0 radical (unpaired) electrons. The molecule has 1 N–H and O–H groups in total. The van der Waals surface area contributed by atoms with E-state index in [1.54, 1.807) is 18.2 Å². The second-order valence-electron chi connectivity index (χ2n) is 6.87. The molecule has 160 valence electrons. The summed E-state index contributed by atoms with van der Waals surface area (Å²) in [5.41, 5.74) is 0.657. The molecule has 0 spiro atoms. The molecule has 0 bridgehead atoms. The molecule has 2 aliphatic rings. The maximum absolute atomic E-state index is 12.5. The maximum Gasteiger partial charge on any atom is 0.274 e. The molecule has 29 heavy (non-hydrogen) atoms. The van der Waals surface area contributed by atoms with Gasteiger partial charge in [-0.3, -0.25) is 14.9 Å². The first-order valence-corrected chi connectivity index (χ1v) is 9.76. The van der Waals surface area contributed by atoms with Crippen molar-refractivity contribution in [3.63, 3.8) is 0 Å². The summed E-state index contributed by atoms with van der Waals surface area (Å²) in [5, 5.41) is 14.4. The smallest absolute Gasteiger partial charge is 0.274 e. The maximum atomic E-state index is 12.5. The van der Waals surface area contributed by atoms with Crippen molar-refractivity contribution in [3.8, 4) is 0 Å². The molecule has 0 aliphatic carbocycles. The molecule has 2 heterocycles. The van der Waals surface area contributed by atoms with E-state index in [4.69, 9.17) is 4.74 Å². The minimum absolute atomic E-state index is 0. The highest BCUT2D eigenvalue weighted by molar-refractivity contribution is 14.0. The molecule has 0 aromatic heterocycles. The molecule has 3 rings (SSSR count). The Morgan fingerprint density at radius 2 is 1.97 bits per heavy atom. The van der Waals surface area contributed by atoms with Gasteiger partial charge < -0.3 is 19.9 Å². The van der Waals surface area contributed by atoms with Crippen LogP contribution in [0.25, 0.3) is 0 Å². The van der Waals surface area contributed by atoms with Gasteiger partial charge in [0.25, 0.3) is 11.6 Å². The molecule has 1 aromatic rings. The predicted octanol–water partition coefficient (Wildman–Crippen LogP) is 2.00. The molecular formula is C19H28IN5O4. The fraction of sp³-hybridized carbons (Fsp3) is 0.579. The zero-order chi connectivity index (χ0) is 19.9. The summed E-state index contributed by atoms with van der Waals surface area (Å²) in [6.07, 6.45) is 1.46. The third-order valence-corrected chi connectivity index (χ3v) is 5.02. The normalized spacial score (nSPS) is 19.6. The zero-order valence-corrected chi connectivity index (χ0v) is 18.9. The Labute approximate surface area is 187 Å². The van der Waals surface area contributed by atoms with E-state index in [9.17, 15) is 14.9 Å². The van der Waals surface area contributed by atoms with Crippen LogP contribution in [0.15, 0.2) is 29.3 Å². The minimum atomic E-state index is -0.382. The molecule has 1 aromatic carbocycles. The first-order valence-electron chi connectivity index (χ1n) is 9.76. The van der Waals surface area contributed by atoms with Crippen molar-refractivity contribution >= 4 is 41.5 Å². The standard InChI is InChI=1S/C19H27N5O4.HI/c1-2-20-19(21-14-15-6-3-4-7-16(15)24(26)27)23-11-9-22(10-12-23)18(25)17-8-5-13-28-17;/h3-4,6-7,17H,2,5,8-14H2,1H3,(H,20,21);1H. The topological polar surface area (TPSA) is 100 Å². The van der Waals surface area contributed by atoms with Crippen LogP contribution in [0.2, 0.25) is 0 Å². The van der Waals surface area contributed by atoms with Gasteiger partial charge in [0.1, 0.15) is 6.10 Å². The number of nitrogens with zero attached hydrogens (tertiary/aromatic N) is 4. The molecule has 10 heteroatoms. The van der Waals surface area contributed by atoms with Crippen molar-refractivity contribution in [2.24, 2.45) is 4.99 Å². The van der Waals surface area contributed by atoms with Gasteiger partial charge in [-0.2, -0.15) is 0 Å². The van der Waals surface area contributed by atoms with Crippen LogP contribution in [0.1, 0.15) is 25.3 Å². The Kier molecular flexibility index (Phi) is 9.08. The van der Waals surface area contributed by atoms with Crippen molar-refractivity contribution in [3.05, 3.63) is 39.9 Å². The Morgan fingerprint density at radius 1 is 1.28 bits per heavy atom. The number of para-hydroxylation sites is 1. The fourth-order valence-corrected chi connectivity index (χ4v) is 3.52. The number of rotatable bonds is 5. The van der Waals surface area contributed by atoms with E-state index in [0.717, 1.165) is 12.8 Å². The number of ether oxygens (including phenoxy) is 1. The number of piperazine rings is 1. The molecular weight excluding hydrogens is 489 g/mol. The van der Waals surface area contributed by atoms with Crippen LogP contribution >= 0.6 is 24.0 Å². The molecule has 1 atom stereocenters. The lowest BCUT2D eigenvalue weighted by atomic mass is 10.2. The average molecular weight is 517 g/mol. The van der Waals surface area contributed by atoms with Gasteiger partial charge in [0.2, 0.25) is 0 Å². The molecule has 0 saturated carbocycles. The van der Waals surface area contributed by atoms with Crippen LogP contribution in [0.3, 0.4) is 0 Å². The third kappa shape index (κ3) is 6.01. The van der Waals surface area contributed by atoms with E-state index in [0.29, 0.717) is 50.9 Å². The lowest BCUT2D eigenvalue weighted by molar-refractivity contribution is -0.385. The van der Waals surface area contributed by atoms with E-state index in [2.05, 4.69) is 15.2 Å². The van der Waals surface area contributed by atoms with Crippen molar-refractivity contribution in [2.45, 2.75) is 32.4 Å². The van der Waals surface area contributed by atoms with Crippen molar-refractivity contribution in [1.29, 1.82) is 0 Å². The Morgan fingerprint density at radius 3 is 2.59 bits per heavy atom. The fourth-order valence-electron chi connectivity index (χ4n) is 3.52. The zero-order valence-electron chi connectivity index (χ0n) is 16.6. The summed E-state index contributed by atoms with van der Waals surface area (Å²) < 4.78 is 5.50. The van der Waals surface area contributed by atoms with Crippen molar-refractivity contribution < 1.29 is 14.5 Å². The van der Waals surface area contributed by atoms with Gasteiger partial charge in [-0.1, -0.05) is 18.2 Å². The second kappa shape index (κ2) is 11.3. The van der Waals surface area contributed by atoms with Gasteiger partial charge in [-0.25, -0.2) is 4.99 Å². The van der Waals surface area contributed by atoms with Gasteiger partial charge in [0, 0.05) is 45.4 Å². The van der Waals surface area contributed by atoms with Crippen LogP contribution in [0.5, 0.6) is 0 Å². The van der Waals surface area contributed by atoms with Crippen LogP contribution in [-0.2, 0) is 16.1 Å². The molecule has 1 amide bonds. The van der Waals surface area contributed by atoms with Crippen LogP contribution in [-0.4, -0.2) is 72.0 Å². The quantitative estimate of drug-likeness (QED) is 0.211. The lowest BCUT2D eigenvalue weighted by Crippen LogP contribution is -2.55. The number of carbonyl (C=O) groups excluding carboxylic acids is 1. The van der Waals surface area contributed by atoms with Gasteiger partial charge in [-0.15, -0.1) is 24.0 Å². The van der Waals surface area contributed by atoms with E-state index in [1.165, 1.54) is 6.07 Å². The van der Waals surface area contributed by atoms with Gasteiger partial charge in [0.15, 0.2) is 5.96 Å². The number of guanidine groups is 1. The Hall–Kier alpha value is -1.95. The highest BCUT2D eigenvalue weighted by Crippen LogP contribution is 2.19. The number of aliphatic imine (C=N–C) groups is 1. The van der Waals surface area contributed by atoms with Crippen molar-refractivity contribution in [2.75, 3.05) is 39.3 Å². The van der Waals surface area contributed by atoms with Crippen LogP contribution < -0.4 is 5.32 Å². The predicted molar refractivity (Wildman–Crippen MR) is 120 cm³/mol. The number of halogens is 1. The number of nitro groups is 1. The van der Waals surface area contributed by atoms with Crippen LogP contribution in [0, 0.1) is 10.1 Å². The molecule has 9 nitrogen and oxygen atoms in total. The first-order chi connectivity index (χ1) is 13.6. The van der Waals surface area contributed by atoms with Crippen molar-refractivity contribution in [1.82, 2.24) is 15.1 Å². The van der Waals surface area contributed by atoms with E-state index < -0.39 is 0 Å². The third-order valence-electron chi connectivity index (χ3n) is 5.02. The molecule has 1 unspecified atom stereocenters. The first kappa shape index (κ1) is 23.3. The number of nitrogens with one attached hydrogen (secondary N) is 1.